The minimum Gasteiger partial charge on any atom is -0.351 e. The molecule has 1 aromatic carbocycles. The van der Waals surface area contributed by atoms with Crippen LogP contribution in [0.2, 0.25) is 0 Å². The Morgan fingerprint density at radius 1 is 1.24 bits per heavy atom. The number of hydrogen-bond acceptors (Lipinski definition) is 5. The van der Waals surface area contributed by atoms with Crippen LogP contribution >= 0.6 is 11.5 Å². The Morgan fingerprint density at radius 3 is 2.52 bits per heavy atom. The van der Waals surface area contributed by atoms with Gasteiger partial charge < -0.3 is 10.2 Å². The van der Waals surface area contributed by atoms with Crippen molar-refractivity contribution in [2.75, 3.05) is 6.54 Å². The van der Waals surface area contributed by atoms with E-state index < -0.39 is 6.04 Å². The molecule has 3 rings (SSSR count). The van der Waals surface area contributed by atoms with Gasteiger partial charge in [0.15, 0.2) is 5.69 Å². The van der Waals surface area contributed by atoms with Crippen LogP contribution in [0.5, 0.6) is 0 Å². The Bertz CT molecular complexity index is 805. The van der Waals surface area contributed by atoms with Crippen molar-refractivity contribution >= 4 is 23.3 Å². The molecule has 156 valence electrons. The number of nitrogens with one attached hydrogen (secondary N) is 1. The molecule has 1 aliphatic carbocycles. The molecule has 1 heterocycles. The molecule has 1 atom stereocenters. The lowest BCUT2D eigenvalue weighted by Gasteiger charge is -2.32. The maximum atomic E-state index is 13.5. The summed E-state index contributed by atoms with van der Waals surface area (Å²) in [6, 6.07) is 5.06. The number of hydrogen-bond donors (Lipinski definition) is 1. The molecule has 1 saturated carbocycles. The second kappa shape index (κ2) is 9.91. The smallest absolute Gasteiger partial charge is 0.276 e. The first-order chi connectivity index (χ1) is 14.0. The second-order valence-electron chi connectivity index (χ2n) is 7.92. The van der Waals surface area contributed by atoms with E-state index in [4.69, 9.17) is 0 Å². The molecule has 0 radical (unpaired) electrons. The Kier molecular flexibility index (Phi) is 7.30. The van der Waals surface area contributed by atoms with Crippen molar-refractivity contribution < 1.29 is 14.0 Å². The van der Waals surface area contributed by atoms with E-state index in [9.17, 15) is 14.0 Å². The van der Waals surface area contributed by atoms with Gasteiger partial charge in [-0.25, -0.2) is 4.39 Å². The average molecular weight is 419 g/mol. The van der Waals surface area contributed by atoms with Gasteiger partial charge in [-0.05, 0) is 54.4 Å². The second-order valence-corrected chi connectivity index (χ2v) is 8.53. The fourth-order valence-electron chi connectivity index (χ4n) is 3.62. The van der Waals surface area contributed by atoms with Crippen molar-refractivity contribution in [3.8, 4) is 0 Å². The third-order valence-corrected chi connectivity index (χ3v) is 5.74. The van der Waals surface area contributed by atoms with Crippen LogP contribution in [-0.4, -0.2) is 38.9 Å². The highest BCUT2D eigenvalue weighted by Crippen LogP contribution is 2.26. The topological polar surface area (TPSA) is 75.2 Å². The van der Waals surface area contributed by atoms with E-state index in [0.29, 0.717) is 18.0 Å². The van der Waals surface area contributed by atoms with Gasteiger partial charge in [-0.1, -0.05) is 43.3 Å². The highest BCUT2D eigenvalue weighted by Gasteiger charge is 2.34. The molecule has 8 heteroatoms. The lowest BCUT2D eigenvalue weighted by atomic mass is 10.0. The van der Waals surface area contributed by atoms with Crippen LogP contribution in [0.1, 0.15) is 68.0 Å². The Morgan fingerprint density at radius 2 is 1.93 bits per heavy atom. The number of rotatable bonds is 8. The zero-order chi connectivity index (χ0) is 20.8. The molecule has 6 nitrogen and oxygen atoms in total. The van der Waals surface area contributed by atoms with Crippen molar-refractivity contribution in [3.05, 3.63) is 46.7 Å². The summed E-state index contributed by atoms with van der Waals surface area (Å²) < 4.78 is 17.3. The molecule has 1 aliphatic rings. The molecule has 29 heavy (non-hydrogen) atoms. The molecule has 2 amide bonds. The van der Waals surface area contributed by atoms with E-state index >= 15 is 0 Å². The Hall–Kier alpha value is -2.35. The highest BCUT2D eigenvalue weighted by atomic mass is 32.1. The zero-order valence-electron chi connectivity index (χ0n) is 16.8. The van der Waals surface area contributed by atoms with Crippen molar-refractivity contribution in [2.24, 2.45) is 5.92 Å². The monoisotopic (exact) mass is 418 g/mol. The number of carbonyl (C=O) groups excluding carboxylic acids is 2. The molecule has 1 fully saturated rings. The van der Waals surface area contributed by atoms with Gasteiger partial charge in [-0.3, -0.25) is 9.59 Å². The van der Waals surface area contributed by atoms with Gasteiger partial charge in [0.25, 0.3) is 5.91 Å². The summed E-state index contributed by atoms with van der Waals surface area (Å²) in [6.45, 7) is 4.53. The van der Waals surface area contributed by atoms with Crippen LogP contribution in [0.3, 0.4) is 0 Å². The van der Waals surface area contributed by atoms with Crippen molar-refractivity contribution in [2.45, 2.75) is 58.0 Å². The summed E-state index contributed by atoms with van der Waals surface area (Å²) in [7, 11) is 0. The molecule has 0 unspecified atom stereocenters. The third-order valence-electron chi connectivity index (χ3n) is 5.23. The molecule has 1 N–H and O–H groups in total. The number of amides is 2. The molecular weight excluding hydrogens is 391 g/mol. The van der Waals surface area contributed by atoms with E-state index in [-0.39, 0.29) is 29.4 Å². The fraction of sp³-hybridized carbons (Fsp3) is 0.524. The first kappa shape index (κ1) is 21.4. The molecule has 0 bridgehead atoms. The first-order valence-corrected chi connectivity index (χ1v) is 10.9. The van der Waals surface area contributed by atoms with E-state index in [1.807, 2.05) is 0 Å². The molecule has 0 spiro atoms. The number of nitrogens with zero attached hydrogens (tertiary/aromatic N) is 3. The first-order valence-electron chi connectivity index (χ1n) is 10.1. The summed E-state index contributed by atoms with van der Waals surface area (Å²) in [4.78, 5) is 28.1. The van der Waals surface area contributed by atoms with Crippen molar-refractivity contribution in [1.82, 2.24) is 19.8 Å². The predicted molar refractivity (Wildman–Crippen MR) is 110 cm³/mol. The van der Waals surface area contributed by atoms with Gasteiger partial charge in [0.1, 0.15) is 11.9 Å². The number of carbonyl (C=O) groups is 2. The molecular formula is C21H27FN4O2S. The maximum absolute atomic E-state index is 13.5. The van der Waals surface area contributed by atoms with Gasteiger partial charge in [0, 0.05) is 18.0 Å². The summed E-state index contributed by atoms with van der Waals surface area (Å²) in [6.07, 6.45) is 4.80. The number of aromatic nitrogens is 2. The van der Waals surface area contributed by atoms with Crippen LogP contribution < -0.4 is 5.32 Å². The minimum absolute atomic E-state index is 0.119. The van der Waals surface area contributed by atoms with Crippen LogP contribution in [0.15, 0.2) is 29.6 Å². The van der Waals surface area contributed by atoms with Crippen molar-refractivity contribution in [3.63, 3.8) is 0 Å². The quantitative estimate of drug-likeness (QED) is 0.704. The molecule has 0 aliphatic heterocycles. The van der Waals surface area contributed by atoms with Crippen LogP contribution in [-0.2, 0) is 4.79 Å². The normalized spacial score (nSPS) is 15.4. The van der Waals surface area contributed by atoms with Crippen LogP contribution in [0, 0.1) is 11.7 Å². The van der Waals surface area contributed by atoms with E-state index in [2.05, 4.69) is 28.8 Å². The van der Waals surface area contributed by atoms with Crippen molar-refractivity contribution in [1.29, 1.82) is 0 Å². The Balaban J connectivity index is 1.94. The van der Waals surface area contributed by atoms with Gasteiger partial charge >= 0.3 is 0 Å². The molecule has 2 aromatic rings. The fourth-order valence-corrected chi connectivity index (χ4v) is 4.05. The van der Waals surface area contributed by atoms with Gasteiger partial charge in [0.2, 0.25) is 5.91 Å². The predicted octanol–water partition coefficient (Wildman–Crippen LogP) is 3.97. The SMILES string of the molecule is CC(C)CCN(C(=O)c1csnn1)[C@H](C(=O)NC1CCCC1)c1ccc(F)cc1. The largest absolute Gasteiger partial charge is 0.351 e. The van der Waals surface area contributed by atoms with Gasteiger partial charge in [-0.15, -0.1) is 5.10 Å². The number of halogens is 1. The summed E-state index contributed by atoms with van der Waals surface area (Å²) >= 11 is 1.10. The van der Waals surface area contributed by atoms with Crippen LogP contribution in [0.4, 0.5) is 4.39 Å². The third kappa shape index (κ3) is 5.59. The average Bonchev–Trinajstić information content (AvgIpc) is 3.39. The van der Waals surface area contributed by atoms with E-state index in [1.165, 1.54) is 12.1 Å². The van der Waals surface area contributed by atoms with E-state index in [1.54, 1.807) is 22.4 Å². The summed E-state index contributed by atoms with van der Waals surface area (Å²) in [5.74, 6) is -0.600. The lowest BCUT2D eigenvalue weighted by molar-refractivity contribution is -0.126. The zero-order valence-corrected chi connectivity index (χ0v) is 17.6. The number of benzene rings is 1. The van der Waals surface area contributed by atoms with Gasteiger partial charge in [-0.2, -0.15) is 0 Å². The molecule has 0 saturated heterocycles. The standard InChI is InChI=1S/C21H27FN4O2S/c1-14(2)11-12-26(21(28)18-13-29-25-24-18)19(15-7-9-16(22)10-8-15)20(27)23-17-5-3-4-6-17/h7-10,13-14,17,19H,3-6,11-12H2,1-2H3,(H,23,27)/t19-/m0/s1. The van der Waals surface area contributed by atoms with E-state index in [0.717, 1.165) is 43.6 Å². The lowest BCUT2D eigenvalue weighted by Crippen LogP contribution is -2.46. The Labute approximate surface area is 174 Å². The highest BCUT2D eigenvalue weighted by molar-refractivity contribution is 7.03. The maximum Gasteiger partial charge on any atom is 0.276 e. The summed E-state index contributed by atoms with van der Waals surface area (Å²) in [5.41, 5.74) is 0.807. The van der Waals surface area contributed by atoms with Crippen LogP contribution in [0.25, 0.3) is 0 Å². The summed E-state index contributed by atoms with van der Waals surface area (Å²) in [5, 5.41) is 8.59. The molecule has 1 aromatic heterocycles. The van der Waals surface area contributed by atoms with Gasteiger partial charge in [0.05, 0.1) is 0 Å². The minimum atomic E-state index is -0.843.